The van der Waals surface area contributed by atoms with Gasteiger partial charge in [0, 0.05) is 13.0 Å². The van der Waals surface area contributed by atoms with Gasteiger partial charge in [0.25, 0.3) is 5.91 Å². The minimum Gasteiger partial charge on any atom is -0.496 e. The van der Waals surface area contributed by atoms with Crippen LogP contribution in [0.3, 0.4) is 0 Å². The molecule has 1 rings (SSSR count). The van der Waals surface area contributed by atoms with Gasteiger partial charge in [0.15, 0.2) is 0 Å². The second-order valence-corrected chi connectivity index (χ2v) is 4.00. The van der Waals surface area contributed by atoms with Gasteiger partial charge in [0.05, 0.1) is 12.7 Å². The van der Waals surface area contributed by atoms with E-state index in [9.17, 15) is 4.79 Å². The minimum atomic E-state index is -0.166. The molecule has 6 heteroatoms. The number of unbranched alkanes of at least 4 members (excludes halogenated alkanes) is 1. The van der Waals surface area contributed by atoms with Gasteiger partial charge >= 0.3 is 0 Å². The smallest absolute Gasteiger partial charge is 0.255 e. The molecule has 0 saturated heterocycles. The Labute approximate surface area is 112 Å². The lowest BCUT2D eigenvalue weighted by Gasteiger charge is -2.08. The number of oxime groups is 1. The van der Waals surface area contributed by atoms with Crippen LogP contribution in [0.1, 0.15) is 29.6 Å². The van der Waals surface area contributed by atoms with Crippen LogP contribution in [0.15, 0.2) is 29.4 Å². The number of ether oxygens (including phenoxy) is 1. The third kappa shape index (κ3) is 4.87. The van der Waals surface area contributed by atoms with Crippen molar-refractivity contribution in [3.8, 4) is 5.75 Å². The molecule has 0 bridgehead atoms. The Kier molecular flexibility index (Phi) is 6.21. The highest BCUT2D eigenvalue weighted by Gasteiger charge is 2.10. The average Bonchev–Trinajstić information content (AvgIpc) is 2.46. The van der Waals surface area contributed by atoms with Crippen molar-refractivity contribution in [3.63, 3.8) is 0 Å². The van der Waals surface area contributed by atoms with E-state index in [1.807, 2.05) is 6.07 Å². The lowest BCUT2D eigenvalue weighted by molar-refractivity contribution is 0.0950. The Morgan fingerprint density at radius 2 is 2.16 bits per heavy atom. The fourth-order valence-electron chi connectivity index (χ4n) is 1.61. The van der Waals surface area contributed by atoms with E-state index in [-0.39, 0.29) is 11.7 Å². The Balaban J connectivity index is 2.35. The van der Waals surface area contributed by atoms with Gasteiger partial charge in [0.1, 0.15) is 11.6 Å². The maximum atomic E-state index is 11.9. The molecule has 0 radical (unpaired) electrons. The summed E-state index contributed by atoms with van der Waals surface area (Å²) in [4.78, 5) is 11.9. The average molecular weight is 265 g/mol. The highest BCUT2D eigenvalue weighted by atomic mass is 16.5. The van der Waals surface area contributed by atoms with Gasteiger partial charge in [-0.05, 0) is 25.0 Å². The van der Waals surface area contributed by atoms with E-state index in [0.717, 1.165) is 12.8 Å². The van der Waals surface area contributed by atoms with Crippen molar-refractivity contribution >= 4 is 11.7 Å². The summed E-state index contributed by atoms with van der Waals surface area (Å²) in [6.07, 6.45) is 2.03. The summed E-state index contributed by atoms with van der Waals surface area (Å²) < 4.78 is 5.12. The molecular weight excluding hydrogens is 246 g/mol. The van der Waals surface area contributed by atoms with Gasteiger partial charge in [-0.15, -0.1) is 0 Å². The van der Waals surface area contributed by atoms with Gasteiger partial charge in [0.2, 0.25) is 0 Å². The molecule has 0 spiro atoms. The minimum absolute atomic E-state index is 0.166. The fraction of sp³-hybridized carbons (Fsp3) is 0.385. The number of hydrogen-bond donors (Lipinski definition) is 3. The SMILES string of the molecule is COc1ccccc1C(=O)NCCCCC(N)=NO. The Morgan fingerprint density at radius 3 is 2.84 bits per heavy atom. The molecule has 0 atom stereocenters. The molecule has 1 amide bonds. The molecule has 0 aliphatic heterocycles. The molecule has 4 N–H and O–H groups in total. The molecule has 19 heavy (non-hydrogen) atoms. The number of amides is 1. The number of carbonyl (C=O) groups excluding carboxylic acids is 1. The molecule has 0 heterocycles. The summed E-state index contributed by atoms with van der Waals surface area (Å²) in [6, 6.07) is 7.06. The number of nitrogens with zero attached hydrogens (tertiary/aromatic N) is 1. The number of para-hydroxylation sites is 1. The summed E-state index contributed by atoms with van der Waals surface area (Å²) in [5, 5.41) is 14.1. The molecule has 0 saturated carbocycles. The van der Waals surface area contributed by atoms with Crippen LogP contribution in [0, 0.1) is 0 Å². The number of amidine groups is 1. The molecular formula is C13H19N3O3. The van der Waals surface area contributed by atoms with Gasteiger partial charge in [-0.2, -0.15) is 0 Å². The first kappa shape index (κ1) is 14.8. The number of nitrogens with two attached hydrogens (primary N) is 1. The maximum Gasteiger partial charge on any atom is 0.255 e. The molecule has 1 aromatic rings. The van der Waals surface area contributed by atoms with Crippen molar-refractivity contribution in [2.45, 2.75) is 19.3 Å². The normalized spacial score (nSPS) is 11.1. The quantitative estimate of drug-likeness (QED) is 0.228. The standard InChI is InChI=1S/C13H19N3O3/c1-19-11-7-3-2-6-10(11)13(17)15-9-5-4-8-12(14)16-18/h2-3,6-7,18H,4-5,8-9H2,1H3,(H2,14,16)(H,15,17). The summed E-state index contributed by atoms with van der Waals surface area (Å²) in [6.45, 7) is 0.537. The summed E-state index contributed by atoms with van der Waals surface area (Å²) >= 11 is 0. The Bertz CT molecular complexity index is 447. The highest BCUT2D eigenvalue weighted by molar-refractivity contribution is 5.96. The van der Waals surface area contributed by atoms with Gasteiger partial charge in [-0.25, -0.2) is 0 Å². The Hall–Kier alpha value is -2.24. The van der Waals surface area contributed by atoms with Crippen LogP contribution in [0.5, 0.6) is 5.75 Å². The van der Waals surface area contributed by atoms with Crippen molar-refractivity contribution in [2.75, 3.05) is 13.7 Å². The largest absolute Gasteiger partial charge is 0.496 e. The van der Waals surface area contributed by atoms with Gasteiger partial charge < -0.3 is 21.0 Å². The molecule has 0 aromatic heterocycles. The second-order valence-electron chi connectivity index (χ2n) is 4.00. The van der Waals surface area contributed by atoms with E-state index < -0.39 is 0 Å². The lowest BCUT2D eigenvalue weighted by Crippen LogP contribution is -2.25. The van der Waals surface area contributed by atoms with Crippen molar-refractivity contribution in [1.82, 2.24) is 5.32 Å². The van der Waals surface area contributed by atoms with E-state index in [1.165, 1.54) is 7.11 Å². The third-order valence-corrected chi connectivity index (χ3v) is 2.63. The first-order chi connectivity index (χ1) is 9.19. The first-order valence-corrected chi connectivity index (χ1v) is 6.06. The highest BCUT2D eigenvalue weighted by Crippen LogP contribution is 2.16. The Morgan fingerprint density at radius 1 is 1.42 bits per heavy atom. The van der Waals surface area contributed by atoms with Crippen LogP contribution < -0.4 is 15.8 Å². The molecule has 104 valence electrons. The van der Waals surface area contributed by atoms with Crippen molar-refractivity contribution in [3.05, 3.63) is 29.8 Å². The topological polar surface area (TPSA) is 96.9 Å². The van der Waals surface area contributed by atoms with Gasteiger partial charge in [-0.1, -0.05) is 17.3 Å². The number of carbonyl (C=O) groups is 1. The van der Waals surface area contributed by atoms with Crippen LogP contribution in [0.4, 0.5) is 0 Å². The van der Waals surface area contributed by atoms with Gasteiger partial charge in [-0.3, -0.25) is 4.79 Å². The lowest BCUT2D eigenvalue weighted by atomic mass is 10.2. The number of methoxy groups -OCH3 is 1. The van der Waals surface area contributed by atoms with Crippen LogP contribution in [-0.2, 0) is 0 Å². The zero-order chi connectivity index (χ0) is 14.1. The number of rotatable bonds is 7. The van der Waals surface area contributed by atoms with E-state index >= 15 is 0 Å². The molecule has 0 aliphatic rings. The van der Waals surface area contributed by atoms with E-state index in [1.54, 1.807) is 18.2 Å². The predicted molar refractivity (Wildman–Crippen MR) is 72.6 cm³/mol. The first-order valence-electron chi connectivity index (χ1n) is 6.06. The van der Waals surface area contributed by atoms with Crippen molar-refractivity contribution in [1.29, 1.82) is 0 Å². The molecule has 0 aliphatic carbocycles. The van der Waals surface area contributed by atoms with Crippen molar-refractivity contribution in [2.24, 2.45) is 10.9 Å². The summed E-state index contributed by atoms with van der Waals surface area (Å²) in [7, 11) is 1.53. The van der Waals surface area contributed by atoms with Crippen LogP contribution in [-0.4, -0.2) is 30.6 Å². The van der Waals surface area contributed by atoms with Crippen LogP contribution >= 0.6 is 0 Å². The fourth-order valence-corrected chi connectivity index (χ4v) is 1.61. The third-order valence-electron chi connectivity index (χ3n) is 2.63. The zero-order valence-electron chi connectivity index (χ0n) is 10.9. The molecule has 6 nitrogen and oxygen atoms in total. The predicted octanol–water partition coefficient (Wildman–Crippen LogP) is 1.34. The number of nitrogens with one attached hydrogen (secondary N) is 1. The van der Waals surface area contributed by atoms with E-state index in [2.05, 4.69) is 10.5 Å². The summed E-state index contributed by atoms with van der Waals surface area (Å²) in [5.74, 6) is 0.592. The maximum absolute atomic E-state index is 11.9. The summed E-state index contributed by atoms with van der Waals surface area (Å²) in [5.41, 5.74) is 5.86. The monoisotopic (exact) mass is 265 g/mol. The van der Waals surface area contributed by atoms with E-state index in [4.69, 9.17) is 15.7 Å². The molecule has 0 fully saturated rings. The second kappa shape index (κ2) is 7.97. The van der Waals surface area contributed by atoms with Crippen LogP contribution in [0.25, 0.3) is 0 Å². The number of hydrogen-bond acceptors (Lipinski definition) is 4. The zero-order valence-corrected chi connectivity index (χ0v) is 10.9. The van der Waals surface area contributed by atoms with Crippen LogP contribution in [0.2, 0.25) is 0 Å². The number of benzene rings is 1. The molecule has 1 aromatic carbocycles. The molecule has 0 unspecified atom stereocenters. The van der Waals surface area contributed by atoms with E-state index in [0.29, 0.717) is 24.3 Å². The van der Waals surface area contributed by atoms with Crippen molar-refractivity contribution < 1.29 is 14.7 Å².